The van der Waals surface area contributed by atoms with E-state index in [9.17, 15) is 4.79 Å². The van der Waals surface area contributed by atoms with Crippen molar-refractivity contribution in [3.05, 3.63) is 42.0 Å². The normalized spacial score (nSPS) is 12.2. The summed E-state index contributed by atoms with van der Waals surface area (Å²) in [5.74, 6) is 0.00584. The number of amides is 1. The maximum Gasteiger partial charge on any atom is 0.224 e. The Morgan fingerprint density at radius 1 is 1.32 bits per heavy atom. The highest BCUT2D eigenvalue weighted by Crippen LogP contribution is 2.17. The van der Waals surface area contributed by atoms with E-state index in [0.717, 1.165) is 29.2 Å². The lowest BCUT2D eigenvalue weighted by atomic mass is 10.1. The van der Waals surface area contributed by atoms with E-state index in [1.807, 2.05) is 55.9 Å². The van der Waals surface area contributed by atoms with Crippen LogP contribution in [-0.4, -0.2) is 21.5 Å². The highest BCUT2D eigenvalue weighted by atomic mass is 16.1. The molecule has 1 aromatic carbocycles. The maximum absolute atomic E-state index is 11.9. The van der Waals surface area contributed by atoms with Crippen LogP contribution in [0.5, 0.6) is 0 Å². The van der Waals surface area contributed by atoms with Crippen LogP contribution in [0.4, 0.5) is 5.69 Å². The summed E-state index contributed by atoms with van der Waals surface area (Å²) in [4.78, 5) is 16.2. The third-order valence-corrected chi connectivity index (χ3v) is 3.95. The van der Waals surface area contributed by atoms with E-state index in [-0.39, 0.29) is 11.9 Å². The summed E-state index contributed by atoms with van der Waals surface area (Å²) in [6, 6.07) is 7.85. The first-order valence-corrected chi connectivity index (χ1v) is 7.67. The zero-order valence-electron chi connectivity index (χ0n) is 13.5. The summed E-state index contributed by atoms with van der Waals surface area (Å²) in [6.45, 7) is 6.05. The number of nitrogens with two attached hydrogens (primary N) is 1. The van der Waals surface area contributed by atoms with Crippen molar-refractivity contribution in [2.45, 2.75) is 46.1 Å². The average Bonchev–Trinajstić information content (AvgIpc) is 2.85. The van der Waals surface area contributed by atoms with Gasteiger partial charge in [-0.05, 0) is 51.0 Å². The number of anilines is 1. The van der Waals surface area contributed by atoms with Crippen LogP contribution in [0.25, 0.3) is 5.69 Å². The Hall–Kier alpha value is -2.14. The SMILES string of the molecule is CCC(N)CCC(=O)Nc1ccc(-n2cnc(C)c2C)cc1. The topological polar surface area (TPSA) is 72.9 Å². The monoisotopic (exact) mass is 300 g/mol. The molecule has 0 fully saturated rings. The predicted molar refractivity (Wildman–Crippen MR) is 89.2 cm³/mol. The second-order valence-electron chi connectivity index (χ2n) is 5.59. The molecule has 0 spiro atoms. The number of nitrogens with one attached hydrogen (secondary N) is 1. The summed E-state index contributed by atoms with van der Waals surface area (Å²) in [7, 11) is 0. The molecular weight excluding hydrogens is 276 g/mol. The third-order valence-electron chi connectivity index (χ3n) is 3.95. The lowest BCUT2D eigenvalue weighted by molar-refractivity contribution is -0.116. The molecule has 0 saturated heterocycles. The Morgan fingerprint density at radius 2 is 2.00 bits per heavy atom. The van der Waals surface area contributed by atoms with Gasteiger partial charge in [-0.15, -0.1) is 0 Å². The van der Waals surface area contributed by atoms with Gasteiger partial charge < -0.3 is 15.6 Å². The summed E-state index contributed by atoms with van der Waals surface area (Å²) < 4.78 is 2.03. The van der Waals surface area contributed by atoms with Crippen LogP contribution in [0, 0.1) is 13.8 Å². The van der Waals surface area contributed by atoms with Crippen molar-refractivity contribution in [3.8, 4) is 5.69 Å². The second kappa shape index (κ2) is 7.22. The number of aromatic nitrogens is 2. The van der Waals surface area contributed by atoms with Crippen LogP contribution >= 0.6 is 0 Å². The zero-order chi connectivity index (χ0) is 16.1. The molecule has 2 rings (SSSR count). The van der Waals surface area contributed by atoms with E-state index < -0.39 is 0 Å². The van der Waals surface area contributed by atoms with Gasteiger partial charge in [0, 0.05) is 29.5 Å². The second-order valence-corrected chi connectivity index (χ2v) is 5.59. The average molecular weight is 300 g/mol. The Balaban J connectivity index is 1.97. The molecular formula is C17H24N4O. The van der Waals surface area contributed by atoms with Crippen molar-refractivity contribution >= 4 is 11.6 Å². The largest absolute Gasteiger partial charge is 0.328 e. The van der Waals surface area contributed by atoms with Crippen LogP contribution in [0.2, 0.25) is 0 Å². The van der Waals surface area contributed by atoms with Gasteiger partial charge in [-0.1, -0.05) is 6.92 Å². The number of hydrogen-bond acceptors (Lipinski definition) is 3. The van der Waals surface area contributed by atoms with Gasteiger partial charge in [0.25, 0.3) is 0 Å². The van der Waals surface area contributed by atoms with Crippen LogP contribution in [0.1, 0.15) is 37.6 Å². The highest BCUT2D eigenvalue weighted by molar-refractivity contribution is 5.90. The van der Waals surface area contributed by atoms with E-state index in [1.165, 1.54) is 0 Å². The lowest BCUT2D eigenvalue weighted by Gasteiger charge is -2.10. The third kappa shape index (κ3) is 3.95. The molecule has 0 aliphatic heterocycles. The minimum Gasteiger partial charge on any atom is -0.328 e. The highest BCUT2D eigenvalue weighted by Gasteiger charge is 2.07. The number of hydrogen-bond donors (Lipinski definition) is 2. The first-order chi connectivity index (χ1) is 10.5. The minimum absolute atomic E-state index is 0.00584. The minimum atomic E-state index is 0.00584. The van der Waals surface area contributed by atoms with Gasteiger partial charge in [0.05, 0.1) is 12.0 Å². The Bertz CT molecular complexity index is 631. The maximum atomic E-state index is 11.9. The molecule has 22 heavy (non-hydrogen) atoms. The predicted octanol–water partition coefficient (Wildman–Crippen LogP) is 2.95. The van der Waals surface area contributed by atoms with Gasteiger partial charge in [0.1, 0.15) is 0 Å². The van der Waals surface area contributed by atoms with Gasteiger partial charge in [0.2, 0.25) is 5.91 Å². The Labute approximate surface area is 131 Å². The van der Waals surface area contributed by atoms with Gasteiger partial charge in [0.15, 0.2) is 0 Å². The summed E-state index contributed by atoms with van der Waals surface area (Å²) in [6.07, 6.45) is 3.88. The van der Waals surface area contributed by atoms with E-state index in [4.69, 9.17) is 5.73 Å². The Kier molecular flexibility index (Phi) is 5.33. The van der Waals surface area contributed by atoms with Gasteiger partial charge in [-0.2, -0.15) is 0 Å². The first kappa shape index (κ1) is 16.2. The summed E-state index contributed by atoms with van der Waals surface area (Å²) >= 11 is 0. The zero-order valence-corrected chi connectivity index (χ0v) is 13.5. The Morgan fingerprint density at radius 3 is 2.55 bits per heavy atom. The van der Waals surface area contributed by atoms with Crippen LogP contribution in [-0.2, 0) is 4.79 Å². The fraction of sp³-hybridized carbons (Fsp3) is 0.412. The van der Waals surface area contributed by atoms with Crippen molar-refractivity contribution in [1.29, 1.82) is 0 Å². The van der Waals surface area contributed by atoms with Crippen molar-refractivity contribution in [2.75, 3.05) is 5.32 Å². The van der Waals surface area contributed by atoms with Crippen LogP contribution in [0.15, 0.2) is 30.6 Å². The van der Waals surface area contributed by atoms with Gasteiger partial charge in [-0.3, -0.25) is 4.79 Å². The number of carbonyl (C=O) groups is 1. The van der Waals surface area contributed by atoms with Gasteiger partial charge in [-0.25, -0.2) is 4.98 Å². The number of carbonyl (C=O) groups excluding carboxylic acids is 1. The molecule has 1 amide bonds. The number of nitrogens with zero attached hydrogens (tertiary/aromatic N) is 2. The molecule has 0 bridgehead atoms. The van der Waals surface area contributed by atoms with Crippen LogP contribution < -0.4 is 11.1 Å². The van der Waals surface area contributed by atoms with E-state index in [0.29, 0.717) is 12.8 Å². The molecule has 0 saturated carbocycles. The molecule has 5 nitrogen and oxygen atoms in total. The quantitative estimate of drug-likeness (QED) is 0.861. The first-order valence-electron chi connectivity index (χ1n) is 7.67. The van der Waals surface area contributed by atoms with Crippen LogP contribution in [0.3, 0.4) is 0 Å². The number of imidazole rings is 1. The fourth-order valence-electron chi connectivity index (χ4n) is 2.21. The molecule has 0 aliphatic rings. The molecule has 1 unspecified atom stereocenters. The van der Waals surface area contributed by atoms with Crippen molar-refractivity contribution in [3.63, 3.8) is 0 Å². The smallest absolute Gasteiger partial charge is 0.224 e. The molecule has 118 valence electrons. The summed E-state index contributed by atoms with van der Waals surface area (Å²) in [5.41, 5.74) is 9.79. The number of rotatable bonds is 6. The molecule has 2 aromatic rings. The van der Waals surface area contributed by atoms with Crippen molar-refractivity contribution in [2.24, 2.45) is 5.73 Å². The molecule has 1 aromatic heterocycles. The van der Waals surface area contributed by atoms with E-state index in [1.54, 1.807) is 0 Å². The fourth-order valence-corrected chi connectivity index (χ4v) is 2.21. The van der Waals surface area contributed by atoms with Gasteiger partial charge >= 0.3 is 0 Å². The van der Waals surface area contributed by atoms with Crippen molar-refractivity contribution < 1.29 is 4.79 Å². The lowest BCUT2D eigenvalue weighted by Crippen LogP contribution is -2.21. The number of benzene rings is 1. The molecule has 1 heterocycles. The summed E-state index contributed by atoms with van der Waals surface area (Å²) in [5, 5.41) is 2.90. The molecule has 1 atom stereocenters. The molecule has 5 heteroatoms. The standard InChI is InChI=1S/C17H24N4O/c1-4-14(18)5-10-17(22)20-15-6-8-16(9-7-15)21-11-19-12(2)13(21)3/h6-9,11,14H,4-5,10,18H2,1-3H3,(H,20,22). The van der Waals surface area contributed by atoms with Crippen molar-refractivity contribution in [1.82, 2.24) is 9.55 Å². The molecule has 0 radical (unpaired) electrons. The van der Waals surface area contributed by atoms with E-state index >= 15 is 0 Å². The molecule has 0 aliphatic carbocycles. The number of aryl methyl sites for hydroxylation is 1. The molecule has 3 N–H and O–H groups in total. The van der Waals surface area contributed by atoms with E-state index in [2.05, 4.69) is 10.3 Å².